The number of rotatable bonds is 5. The number of aryl methyl sites for hydroxylation is 1. The molecule has 0 saturated heterocycles. The molecule has 0 radical (unpaired) electrons. The molecule has 0 bridgehead atoms. The minimum atomic E-state index is -0.0578. The Kier molecular flexibility index (Phi) is 4.46. The third kappa shape index (κ3) is 3.02. The van der Waals surface area contributed by atoms with Gasteiger partial charge in [0, 0.05) is 12.0 Å². The summed E-state index contributed by atoms with van der Waals surface area (Å²) >= 11 is 0. The third-order valence-electron chi connectivity index (χ3n) is 3.97. The summed E-state index contributed by atoms with van der Waals surface area (Å²) in [4.78, 5) is 0. The van der Waals surface area contributed by atoms with Gasteiger partial charge in [-0.2, -0.15) is 0 Å². The van der Waals surface area contributed by atoms with Crippen molar-refractivity contribution in [2.75, 3.05) is 13.7 Å². The fourth-order valence-electron chi connectivity index (χ4n) is 2.76. The lowest BCUT2D eigenvalue weighted by atomic mass is 9.75. The van der Waals surface area contributed by atoms with Gasteiger partial charge in [0.25, 0.3) is 0 Å². The zero-order valence-corrected chi connectivity index (χ0v) is 12.5. The van der Waals surface area contributed by atoms with Crippen LogP contribution in [0.5, 0.6) is 5.75 Å². The standard InChI is InChI=1S/C18H23NO/c1-14-7-4-5-10-17(14)18(2,13-19)12-15-8-6-9-16(11-15)20-3/h4-11H,12-13,19H2,1-3H3. The summed E-state index contributed by atoms with van der Waals surface area (Å²) in [5.41, 5.74) is 9.91. The van der Waals surface area contributed by atoms with E-state index in [1.165, 1.54) is 16.7 Å². The van der Waals surface area contributed by atoms with Gasteiger partial charge >= 0.3 is 0 Å². The van der Waals surface area contributed by atoms with Gasteiger partial charge in [-0.3, -0.25) is 0 Å². The summed E-state index contributed by atoms with van der Waals surface area (Å²) in [6.45, 7) is 5.00. The van der Waals surface area contributed by atoms with E-state index in [1.807, 2.05) is 12.1 Å². The molecular formula is C18H23NO. The van der Waals surface area contributed by atoms with Crippen LogP contribution in [0.25, 0.3) is 0 Å². The molecule has 2 N–H and O–H groups in total. The highest BCUT2D eigenvalue weighted by atomic mass is 16.5. The lowest BCUT2D eigenvalue weighted by Crippen LogP contribution is -2.34. The van der Waals surface area contributed by atoms with Crippen LogP contribution in [0.3, 0.4) is 0 Å². The molecule has 0 aromatic heterocycles. The van der Waals surface area contributed by atoms with Gasteiger partial charge in [-0.15, -0.1) is 0 Å². The summed E-state index contributed by atoms with van der Waals surface area (Å²) < 4.78 is 5.30. The second-order valence-corrected chi connectivity index (χ2v) is 5.61. The molecule has 20 heavy (non-hydrogen) atoms. The van der Waals surface area contributed by atoms with Crippen LogP contribution in [0.4, 0.5) is 0 Å². The second kappa shape index (κ2) is 6.10. The monoisotopic (exact) mass is 269 g/mol. The zero-order chi connectivity index (χ0) is 14.6. The Morgan fingerprint density at radius 3 is 2.50 bits per heavy atom. The van der Waals surface area contributed by atoms with E-state index in [0.29, 0.717) is 6.54 Å². The summed E-state index contributed by atoms with van der Waals surface area (Å²) in [6.07, 6.45) is 0.908. The molecule has 2 nitrogen and oxygen atoms in total. The van der Waals surface area contributed by atoms with Crippen LogP contribution in [0.15, 0.2) is 48.5 Å². The first-order chi connectivity index (χ1) is 9.59. The molecule has 2 rings (SSSR count). The number of methoxy groups -OCH3 is 1. The predicted molar refractivity (Wildman–Crippen MR) is 84.3 cm³/mol. The molecule has 0 fully saturated rings. The van der Waals surface area contributed by atoms with Gasteiger partial charge in [-0.05, 0) is 42.2 Å². The van der Waals surface area contributed by atoms with Gasteiger partial charge in [0.05, 0.1) is 7.11 Å². The number of hydrogen-bond acceptors (Lipinski definition) is 2. The van der Waals surface area contributed by atoms with Gasteiger partial charge < -0.3 is 10.5 Å². The average molecular weight is 269 g/mol. The lowest BCUT2D eigenvalue weighted by Gasteiger charge is -2.30. The first-order valence-corrected chi connectivity index (χ1v) is 6.98. The van der Waals surface area contributed by atoms with Crippen LogP contribution in [0, 0.1) is 6.92 Å². The van der Waals surface area contributed by atoms with Gasteiger partial charge in [-0.1, -0.05) is 43.3 Å². The van der Waals surface area contributed by atoms with Crippen LogP contribution in [0.2, 0.25) is 0 Å². The SMILES string of the molecule is COc1cccc(CC(C)(CN)c2ccccc2C)c1. The van der Waals surface area contributed by atoms with Crippen molar-refractivity contribution in [3.8, 4) is 5.75 Å². The Bertz CT molecular complexity index is 579. The molecule has 2 aromatic rings. The summed E-state index contributed by atoms with van der Waals surface area (Å²) in [7, 11) is 1.70. The molecule has 1 atom stereocenters. The molecule has 0 aliphatic carbocycles. The maximum absolute atomic E-state index is 6.10. The Morgan fingerprint density at radius 1 is 1.10 bits per heavy atom. The van der Waals surface area contributed by atoms with E-state index in [9.17, 15) is 0 Å². The molecule has 0 saturated carbocycles. The van der Waals surface area contributed by atoms with Crippen molar-refractivity contribution in [1.29, 1.82) is 0 Å². The Hall–Kier alpha value is -1.80. The van der Waals surface area contributed by atoms with Gasteiger partial charge in [0.2, 0.25) is 0 Å². The fourth-order valence-corrected chi connectivity index (χ4v) is 2.76. The highest BCUT2D eigenvalue weighted by Crippen LogP contribution is 2.30. The zero-order valence-electron chi connectivity index (χ0n) is 12.5. The van der Waals surface area contributed by atoms with E-state index < -0.39 is 0 Å². The second-order valence-electron chi connectivity index (χ2n) is 5.61. The van der Waals surface area contributed by atoms with E-state index in [-0.39, 0.29) is 5.41 Å². The molecule has 0 aliphatic heterocycles. The van der Waals surface area contributed by atoms with Crippen molar-refractivity contribution in [3.05, 3.63) is 65.2 Å². The Morgan fingerprint density at radius 2 is 1.85 bits per heavy atom. The fraction of sp³-hybridized carbons (Fsp3) is 0.333. The van der Waals surface area contributed by atoms with Gasteiger partial charge in [0.15, 0.2) is 0 Å². The van der Waals surface area contributed by atoms with E-state index >= 15 is 0 Å². The van der Waals surface area contributed by atoms with Crippen molar-refractivity contribution >= 4 is 0 Å². The number of benzene rings is 2. The molecule has 2 heteroatoms. The average Bonchev–Trinajstić information content (AvgIpc) is 2.47. The maximum atomic E-state index is 6.10. The highest BCUT2D eigenvalue weighted by molar-refractivity contribution is 5.37. The first kappa shape index (κ1) is 14.6. The van der Waals surface area contributed by atoms with Crippen molar-refractivity contribution in [3.63, 3.8) is 0 Å². The number of ether oxygens (including phenoxy) is 1. The topological polar surface area (TPSA) is 35.2 Å². The molecule has 106 valence electrons. The van der Waals surface area contributed by atoms with Crippen LogP contribution >= 0.6 is 0 Å². The predicted octanol–water partition coefficient (Wildman–Crippen LogP) is 3.46. The molecule has 0 aliphatic rings. The van der Waals surface area contributed by atoms with Crippen LogP contribution < -0.4 is 10.5 Å². The largest absolute Gasteiger partial charge is 0.497 e. The summed E-state index contributed by atoms with van der Waals surface area (Å²) in [5, 5.41) is 0. The molecular weight excluding hydrogens is 246 g/mol. The van der Waals surface area contributed by atoms with Crippen LogP contribution in [-0.2, 0) is 11.8 Å². The van der Waals surface area contributed by atoms with Gasteiger partial charge in [-0.25, -0.2) is 0 Å². The number of hydrogen-bond donors (Lipinski definition) is 1. The van der Waals surface area contributed by atoms with E-state index in [2.05, 4.69) is 50.2 Å². The highest BCUT2D eigenvalue weighted by Gasteiger charge is 2.26. The van der Waals surface area contributed by atoms with Crippen LogP contribution in [-0.4, -0.2) is 13.7 Å². The minimum absolute atomic E-state index is 0.0578. The van der Waals surface area contributed by atoms with Gasteiger partial charge in [0.1, 0.15) is 5.75 Å². The molecule has 0 heterocycles. The quantitative estimate of drug-likeness (QED) is 0.902. The maximum Gasteiger partial charge on any atom is 0.119 e. The molecule has 0 spiro atoms. The smallest absolute Gasteiger partial charge is 0.119 e. The third-order valence-corrected chi connectivity index (χ3v) is 3.97. The molecule has 0 amide bonds. The van der Waals surface area contributed by atoms with E-state index in [4.69, 9.17) is 10.5 Å². The van der Waals surface area contributed by atoms with Crippen LogP contribution in [0.1, 0.15) is 23.6 Å². The minimum Gasteiger partial charge on any atom is -0.497 e. The number of nitrogens with two attached hydrogens (primary N) is 1. The van der Waals surface area contributed by atoms with Crippen molar-refractivity contribution in [2.24, 2.45) is 5.73 Å². The molecule has 2 aromatic carbocycles. The normalized spacial score (nSPS) is 13.8. The van der Waals surface area contributed by atoms with Crippen molar-refractivity contribution in [2.45, 2.75) is 25.7 Å². The Labute approximate surface area is 121 Å². The van der Waals surface area contributed by atoms with Crippen molar-refractivity contribution in [1.82, 2.24) is 0 Å². The van der Waals surface area contributed by atoms with E-state index in [0.717, 1.165) is 12.2 Å². The van der Waals surface area contributed by atoms with Crippen molar-refractivity contribution < 1.29 is 4.74 Å². The summed E-state index contributed by atoms with van der Waals surface area (Å²) in [6, 6.07) is 16.7. The molecule has 1 unspecified atom stereocenters. The Balaban J connectivity index is 2.34. The summed E-state index contributed by atoms with van der Waals surface area (Å²) in [5.74, 6) is 0.895. The van der Waals surface area contributed by atoms with E-state index in [1.54, 1.807) is 7.11 Å². The lowest BCUT2D eigenvalue weighted by molar-refractivity contribution is 0.413. The first-order valence-electron chi connectivity index (χ1n) is 6.98.